The maximum absolute atomic E-state index is 10.8. The lowest BCUT2D eigenvalue weighted by Gasteiger charge is -2.22. The number of aliphatic hydroxyl groups is 2. The van der Waals surface area contributed by atoms with Crippen molar-refractivity contribution in [1.82, 2.24) is 0 Å². The van der Waals surface area contributed by atoms with Gasteiger partial charge in [-0.25, -0.2) is 9.13 Å². The summed E-state index contributed by atoms with van der Waals surface area (Å²) in [4.78, 5) is 17.4. The molecule has 0 radical (unpaired) electrons. The third-order valence-electron chi connectivity index (χ3n) is 1.30. The van der Waals surface area contributed by atoms with E-state index in [-0.39, 0.29) is 0 Å². The van der Waals surface area contributed by atoms with Gasteiger partial charge in [0.15, 0.2) is 0 Å². The van der Waals surface area contributed by atoms with Crippen molar-refractivity contribution in [3.8, 4) is 0 Å². The smallest absolute Gasteiger partial charge is 0.383 e. The predicted molar refractivity (Wildman–Crippen MR) is 61.5 cm³/mol. The molecule has 0 bridgehead atoms. The van der Waals surface area contributed by atoms with Crippen molar-refractivity contribution in [3.05, 3.63) is 0 Å². The molecule has 0 aromatic heterocycles. The molecule has 0 aliphatic heterocycles. The van der Waals surface area contributed by atoms with Gasteiger partial charge >= 0.3 is 13.6 Å². The van der Waals surface area contributed by atoms with Crippen LogP contribution in [-0.2, 0) is 18.2 Å². The van der Waals surface area contributed by atoms with E-state index >= 15 is 0 Å². The Balaban J connectivity index is 4.45. The van der Waals surface area contributed by atoms with E-state index in [2.05, 4.69) is 33.5 Å². The summed E-state index contributed by atoms with van der Waals surface area (Å²) < 4.78 is 30.0. The summed E-state index contributed by atoms with van der Waals surface area (Å²) in [6.45, 7) is -9.83. The molecule has 0 amide bonds. The van der Waals surface area contributed by atoms with E-state index in [0.29, 0.717) is 0 Å². The van der Waals surface area contributed by atoms with Gasteiger partial charge in [0.05, 0.1) is 13.2 Å². The first kappa shape index (κ1) is 16.9. The highest BCUT2D eigenvalue weighted by Gasteiger charge is 2.29. The average molecular weight is 314 g/mol. The Morgan fingerprint density at radius 3 is 2.00 bits per heavy atom. The van der Waals surface area contributed by atoms with Crippen molar-refractivity contribution in [1.29, 1.82) is 0 Å². The van der Waals surface area contributed by atoms with Gasteiger partial charge in [-0.3, -0.25) is 9.05 Å². The van der Waals surface area contributed by atoms with Crippen LogP contribution in [0.4, 0.5) is 0 Å². The molecule has 0 saturated heterocycles. The highest BCUT2D eigenvalue weighted by Crippen LogP contribution is 2.50. The quantitative estimate of drug-likeness (QED) is 0.281. The van der Waals surface area contributed by atoms with Crippen LogP contribution in [0, 0.1) is 0 Å². The molecule has 4 atom stereocenters. The Kier molecular flexibility index (Phi) is 7.13. The summed E-state index contributed by atoms with van der Waals surface area (Å²) in [7, 11) is 0. The molecule has 12 heteroatoms. The molecule has 0 aromatic rings. The first-order valence-corrected chi connectivity index (χ1v) is 9.24. The van der Waals surface area contributed by atoms with Crippen LogP contribution in [-0.4, -0.2) is 45.4 Å². The number of hydrogen-bond donors (Lipinski definition) is 6. The Morgan fingerprint density at radius 1 is 1.19 bits per heavy atom. The normalized spacial score (nSPS) is 23.1. The third kappa shape index (κ3) is 9.00. The van der Waals surface area contributed by atoms with Gasteiger partial charge in [-0.15, -0.1) is 0 Å². The van der Waals surface area contributed by atoms with E-state index < -0.39 is 39.0 Å². The molecule has 0 saturated carbocycles. The van der Waals surface area contributed by atoms with Gasteiger partial charge in [-0.05, 0) is 0 Å². The second kappa shape index (κ2) is 6.75. The topological polar surface area (TPSA) is 134 Å². The van der Waals surface area contributed by atoms with Crippen LogP contribution < -0.4 is 0 Å². The fourth-order valence-electron chi connectivity index (χ4n) is 0.676. The van der Waals surface area contributed by atoms with Crippen LogP contribution in [0.5, 0.6) is 0 Å². The van der Waals surface area contributed by atoms with Gasteiger partial charge in [0.1, 0.15) is 12.2 Å². The Labute approximate surface area is 102 Å². The van der Waals surface area contributed by atoms with Crippen molar-refractivity contribution in [2.24, 2.45) is 0 Å². The molecule has 4 N–H and O–H groups in total. The fraction of sp³-hybridized carbons (Fsp3) is 1.00. The molecule has 0 heterocycles. The van der Waals surface area contributed by atoms with Crippen LogP contribution in [0.15, 0.2) is 0 Å². The second-order valence-corrected chi connectivity index (χ2v) is 8.13. The number of rotatable bonds is 7. The van der Waals surface area contributed by atoms with E-state index in [9.17, 15) is 9.13 Å². The molecule has 8 nitrogen and oxygen atoms in total. The first-order chi connectivity index (χ1) is 7.05. The standard InChI is InChI=1S/C4H12O8P2S2/c5-1-3(6)4(12-14(9,10)16)2-11-13(7,8)15/h3-6H,1-2H2,(H2,7,8,15)(H2,9,10,16)/t3-,4-/m1/s1. The Hall–Kier alpha value is 0.920. The number of thiol groups is 2. The van der Waals surface area contributed by atoms with Crippen molar-refractivity contribution >= 4 is 38.1 Å². The van der Waals surface area contributed by atoms with Crippen LogP contribution in [0.25, 0.3) is 0 Å². The highest BCUT2D eigenvalue weighted by molar-refractivity contribution is 8.44. The van der Waals surface area contributed by atoms with Gasteiger partial charge in [-0.1, -0.05) is 24.5 Å². The zero-order valence-electron chi connectivity index (χ0n) is 7.78. The SMILES string of the molecule is O=P(O)(S)OC[C@@H](OP(=O)(O)S)[C@H](O)CO. The van der Waals surface area contributed by atoms with Gasteiger partial charge < -0.3 is 20.0 Å². The molecule has 0 spiro atoms. The number of aliphatic hydroxyl groups excluding tert-OH is 2. The Bertz CT molecular complexity index is 298. The molecule has 2 unspecified atom stereocenters. The molecule has 0 aliphatic carbocycles. The van der Waals surface area contributed by atoms with Crippen molar-refractivity contribution in [2.45, 2.75) is 12.2 Å². The van der Waals surface area contributed by atoms with Crippen molar-refractivity contribution in [3.63, 3.8) is 0 Å². The van der Waals surface area contributed by atoms with Crippen LogP contribution in [0.1, 0.15) is 0 Å². The molecular formula is C4H12O8P2S2. The average Bonchev–Trinajstić information content (AvgIpc) is 2.07. The largest absolute Gasteiger partial charge is 0.394 e. The van der Waals surface area contributed by atoms with Crippen LogP contribution >= 0.6 is 38.1 Å². The van der Waals surface area contributed by atoms with Crippen LogP contribution in [0.3, 0.4) is 0 Å². The summed E-state index contributed by atoms with van der Waals surface area (Å²) in [6, 6.07) is 0. The predicted octanol–water partition coefficient (Wildman–Crippen LogP) is -0.198. The molecule has 16 heavy (non-hydrogen) atoms. The minimum absolute atomic E-state index is 0.704. The summed E-state index contributed by atoms with van der Waals surface area (Å²) >= 11 is 6.36. The second-order valence-electron chi connectivity index (χ2n) is 2.67. The fourth-order valence-corrected chi connectivity index (χ4v) is 2.13. The van der Waals surface area contributed by atoms with E-state index in [4.69, 9.17) is 20.0 Å². The van der Waals surface area contributed by atoms with E-state index in [1.165, 1.54) is 0 Å². The summed E-state index contributed by atoms with van der Waals surface area (Å²) in [5.74, 6) is 0. The molecular weight excluding hydrogens is 302 g/mol. The molecule has 0 fully saturated rings. The molecule has 0 aliphatic rings. The highest BCUT2D eigenvalue weighted by atomic mass is 32.7. The van der Waals surface area contributed by atoms with Gasteiger partial charge in [0.25, 0.3) is 0 Å². The summed E-state index contributed by atoms with van der Waals surface area (Å²) in [6.07, 6.45) is -3.04. The molecule has 98 valence electrons. The van der Waals surface area contributed by atoms with E-state index in [0.717, 1.165) is 0 Å². The minimum atomic E-state index is -4.22. The maximum atomic E-state index is 10.8. The van der Waals surface area contributed by atoms with Crippen LogP contribution in [0.2, 0.25) is 0 Å². The van der Waals surface area contributed by atoms with Crippen molar-refractivity contribution in [2.75, 3.05) is 13.2 Å². The van der Waals surface area contributed by atoms with Gasteiger partial charge in [0, 0.05) is 0 Å². The first-order valence-electron chi connectivity index (χ1n) is 3.78. The Morgan fingerprint density at radius 2 is 1.69 bits per heavy atom. The number of hydrogen-bond acceptors (Lipinski definition) is 6. The van der Waals surface area contributed by atoms with E-state index in [1.807, 2.05) is 0 Å². The van der Waals surface area contributed by atoms with E-state index in [1.54, 1.807) is 0 Å². The zero-order valence-corrected chi connectivity index (χ0v) is 11.4. The zero-order chi connectivity index (χ0) is 13.0. The van der Waals surface area contributed by atoms with Gasteiger partial charge in [-0.2, -0.15) is 0 Å². The third-order valence-corrected chi connectivity index (χ3v) is 2.96. The molecule has 0 rings (SSSR count). The summed E-state index contributed by atoms with van der Waals surface area (Å²) in [5.41, 5.74) is 0. The monoisotopic (exact) mass is 314 g/mol. The van der Waals surface area contributed by atoms with Gasteiger partial charge in [0.2, 0.25) is 0 Å². The summed E-state index contributed by atoms with van der Waals surface area (Å²) in [5, 5.41) is 17.8. The lowest BCUT2D eigenvalue weighted by molar-refractivity contribution is -0.0231. The molecule has 0 aromatic carbocycles. The lowest BCUT2D eigenvalue weighted by Crippen LogP contribution is -2.34. The van der Waals surface area contributed by atoms with Crippen molar-refractivity contribution < 1.29 is 38.2 Å². The maximum Gasteiger partial charge on any atom is 0.383 e. The minimum Gasteiger partial charge on any atom is -0.394 e. The lowest BCUT2D eigenvalue weighted by atomic mass is 10.2.